The molecule has 148 valence electrons. The van der Waals surface area contributed by atoms with Crippen molar-refractivity contribution in [2.75, 3.05) is 13.1 Å². The molecule has 1 aromatic heterocycles. The van der Waals surface area contributed by atoms with Crippen LogP contribution in [0.5, 0.6) is 5.75 Å². The SMILES string of the molecule is Cc1c(OC2CCN(C(=O)OC(C)(C)C)CC2)ccc2[nH]c(C(C)C)nc12. The predicted molar refractivity (Wildman–Crippen MR) is 106 cm³/mol. The highest BCUT2D eigenvalue weighted by molar-refractivity contribution is 5.81. The monoisotopic (exact) mass is 373 g/mol. The van der Waals surface area contributed by atoms with E-state index in [1.165, 1.54) is 0 Å². The number of fused-ring (bicyclic) bond motifs is 1. The number of rotatable bonds is 3. The van der Waals surface area contributed by atoms with Gasteiger partial charge >= 0.3 is 6.09 Å². The van der Waals surface area contributed by atoms with Gasteiger partial charge in [0.05, 0.1) is 11.0 Å². The van der Waals surface area contributed by atoms with Gasteiger partial charge in [0.1, 0.15) is 23.3 Å². The molecule has 1 aliphatic heterocycles. The first kappa shape index (κ1) is 19.5. The Bertz CT molecular complexity index is 812. The van der Waals surface area contributed by atoms with Crippen LogP contribution < -0.4 is 4.74 Å². The summed E-state index contributed by atoms with van der Waals surface area (Å²) in [5, 5.41) is 0. The minimum absolute atomic E-state index is 0.100. The summed E-state index contributed by atoms with van der Waals surface area (Å²) in [6.45, 7) is 13.3. The van der Waals surface area contributed by atoms with Crippen LogP contribution in [0.2, 0.25) is 0 Å². The van der Waals surface area contributed by atoms with Gasteiger partial charge in [-0.05, 0) is 39.8 Å². The molecule has 0 unspecified atom stereocenters. The summed E-state index contributed by atoms with van der Waals surface area (Å²) in [6.07, 6.45) is 1.46. The number of aromatic nitrogens is 2. The van der Waals surface area contributed by atoms with E-state index < -0.39 is 5.60 Å². The van der Waals surface area contributed by atoms with E-state index in [0.29, 0.717) is 19.0 Å². The quantitative estimate of drug-likeness (QED) is 0.841. The third-order valence-corrected chi connectivity index (χ3v) is 4.81. The molecule has 2 heterocycles. The highest BCUT2D eigenvalue weighted by Gasteiger charge is 2.28. The van der Waals surface area contributed by atoms with E-state index in [9.17, 15) is 4.79 Å². The van der Waals surface area contributed by atoms with Gasteiger partial charge in [-0.15, -0.1) is 0 Å². The largest absolute Gasteiger partial charge is 0.490 e. The molecule has 1 aromatic carbocycles. The van der Waals surface area contributed by atoms with Crippen molar-refractivity contribution in [3.05, 3.63) is 23.5 Å². The molecule has 3 rings (SSSR count). The molecule has 1 saturated heterocycles. The van der Waals surface area contributed by atoms with Gasteiger partial charge in [0, 0.05) is 37.4 Å². The molecule has 1 fully saturated rings. The van der Waals surface area contributed by atoms with Gasteiger partial charge in [0.15, 0.2) is 0 Å². The first-order chi connectivity index (χ1) is 12.6. The lowest BCUT2D eigenvalue weighted by Crippen LogP contribution is -2.44. The molecular formula is C21H31N3O3. The first-order valence-corrected chi connectivity index (χ1v) is 9.78. The van der Waals surface area contributed by atoms with Crippen molar-refractivity contribution in [2.24, 2.45) is 0 Å². The summed E-state index contributed by atoms with van der Waals surface area (Å²) in [4.78, 5) is 22.1. The molecule has 1 aliphatic rings. The van der Waals surface area contributed by atoms with Crippen molar-refractivity contribution in [3.8, 4) is 5.75 Å². The topological polar surface area (TPSA) is 67.4 Å². The van der Waals surface area contributed by atoms with Crippen LogP contribution >= 0.6 is 0 Å². The summed E-state index contributed by atoms with van der Waals surface area (Å²) >= 11 is 0. The van der Waals surface area contributed by atoms with Crippen molar-refractivity contribution in [1.29, 1.82) is 0 Å². The molecule has 6 heteroatoms. The van der Waals surface area contributed by atoms with E-state index in [0.717, 1.165) is 41.0 Å². The van der Waals surface area contributed by atoms with Crippen LogP contribution in [-0.2, 0) is 4.74 Å². The highest BCUT2D eigenvalue weighted by Crippen LogP contribution is 2.29. The van der Waals surface area contributed by atoms with E-state index in [1.54, 1.807) is 4.90 Å². The molecule has 0 aliphatic carbocycles. The number of carbonyl (C=O) groups is 1. The fourth-order valence-electron chi connectivity index (χ4n) is 3.28. The van der Waals surface area contributed by atoms with Gasteiger partial charge in [0.2, 0.25) is 0 Å². The Balaban J connectivity index is 1.63. The number of likely N-dealkylation sites (tertiary alicyclic amines) is 1. The first-order valence-electron chi connectivity index (χ1n) is 9.78. The second-order valence-corrected chi connectivity index (χ2v) is 8.65. The maximum absolute atomic E-state index is 12.2. The van der Waals surface area contributed by atoms with E-state index in [2.05, 4.69) is 25.8 Å². The Morgan fingerprint density at radius 2 is 1.93 bits per heavy atom. The Kier molecular flexibility index (Phi) is 5.36. The molecule has 0 atom stereocenters. The summed E-state index contributed by atoms with van der Waals surface area (Å²) in [6, 6.07) is 4.05. The van der Waals surface area contributed by atoms with Crippen molar-refractivity contribution in [1.82, 2.24) is 14.9 Å². The number of piperidine rings is 1. The molecule has 0 bridgehead atoms. The van der Waals surface area contributed by atoms with Crippen LogP contribution in [0.4, 0.5) is 4.79 Å². The third-order valence-electron chi connectivity index (χ3n) is 4.81. The summed E-state index contributed by atoms with van der Waals surface area (Å²) in [7, 11) is 0. The lowest BCUT2D eigenvalue weighted by Gasteiger charge is -2.33. The lowest BCUT2D eigenvalue weighted by atomic mass is 10.1. The number of benzene rings is 1. The number of amides is 1. The van der Waals surface area contributed by atoms with Gasteiger partial charge in [-0.25, -0.2) is 9.78 Å². The number of hydrogen-bond acceptors (Lipinski definition) is 4. The number of nitrogens with zero attached hydrogens (tertiary/aromatic N) is 2. The second kappa shape index (κ2) is 7.41. The van der Waals surface area contributed by atoms with Gasteiger partial charge in [-0.1, -0.05) is 13.8 Å². The number of nitrogens with one attached hydrogen (secondary N) is 1. The van der Waals surface area contributed by atoms with Gasteiger partial charge in [-0.2, -0.15) is 0 Å². The molecule has 1 N–H and O–H groups in total. The second-order valence-electron chi connectivity index (χ2n) is 8.65. The third kappa shape index (κ3) is 4.54. The molecule has 0 radical (unpaired) electrons. The van der Waals surface area contributed by atoms with Crippen LogP contribution in [0.1, 0.15) is 64.8 Å². The van der Waals surface area contributed by atoms with Gasteiger partial charge in [0.25, 0.3) is 0 Å². The van der Waals surface area contributed by atoms with E-state index >= 15 is 0 Å². The molecule has 1 amide bonds. The van der Waals surface area contributed by atoms with Gasteiger partial charge < -0.3 is 19.4 Å². The normalized spacial score (nSPS) is 16.2. The summed E-state index contributed by atoms with van der Waals surface area (Å²) < 4.78 is 11.7. The van der Waals surface area contributed by atoms with Crippen molar-refractivity contribution < 1.29 is 14.3 Å². The minimum Gasteiger partial charge on any atom is -0.490 e. The maximum Gasteiger partial charge on any atom is 0.410 e. The average molecular weight is 373 g/mol. The smallest absolute Gasteiger partial charge is 0.410 e. The summed E-state index contributed by atoms with van der Waals surface area (Å²) in [5.41, 5.74) is 2.62. The van der Waals surface area contributed by atoms with Gasteiger partial charge in [-0.3, -0.25) is 0 Å². The Morgan fingerprint density at radius 3 is 2.52 bits per heavy atom. The number of hydrogen-bond donors (Lipinski definition) is 1. The lowest BCUT2D eigenvalue weighted by molar-refractivity contribution is 0.0126. The Labute approximate surface area is 161 Å². The Morgan fingerprint density at radius 1 is 1.26 bits per heavy atom. The molecule has 0 spiro atoms. The predicted octanol–water partition coefficient (Wildman–Crippen LogP) is 4.77. The van der Waals surface area contributed by atoms with Crippen molar-refractivity contribution in [3.63, 3.8) is 0 Å². The van der Waals surface area contributed by atoms with E-state index in [1.807, 2.05) is 32.9 Å². The number of H-pyrrole nitrogens is 1. The highest BCUT2D eigenvalue weighted by atomic mass is 16.6. The van der Waals surface area contributed by atoms with Crippen LogP contribution in [0.25, 0.3) is 11.0 Å². The van der Waals surface area contributed by atoms with Crippen LogP contribution in [0.3, 0.4) is 0 Å². The van der Waals surface area contributed by atoms with Crippen LogP contribution in [0, 0.1) is 6.92 Å². The number of carbonyl (C=O) groups excluding carboxylic acids is 1. The molecule has 2 aromatic rings. The van der Waals surface area contributed by atoms with E-state index in [4.69, 9.17) is 14.5 Å². The maximum atomic E-state index is 12.2. The minimum atomic E-state index is -0.463. The molecule has 6 nitrogen and oxygen atoms in total. The van der Waals surface area contributed by atoms with Crippen LogP contribution in [-0.4, -0.2) is 45.8 Å². The fourth-order valence-corrected chi connectivity index (χ4v) is 3.28. The number of aryl methyl sites for hydroxylation is 1. The Hall–Kier alpha value is -2.24. The zero-order valence-corrected chi connectivity index (χ0v) is 17.3. The van der Waals surface area contributed by atoms with E-state index in [-0.39, 0.29) is 12.2 Å². The number of imidazole rings is 1. The zero-order valence-electron chi connectivity index (χ0n) is 17.3. The number of aromatic amines is 1. The fraction of sp³-hybridized carbons (Fsp3) is 0.619. The van der Waals surface area contributed by atoms with Crippen molar-refractivity contribution >= 4 is 17.1 Å². The standard InChI is InChI=1S/C21H31N3O3/c1-13(2)19-22-16-7-8-17(14(3)18(16)23-19)26-15-9-11-24(12-10-15)20(25)27-21(4,5)6/h7-8,13,15H,9-12H2,1-6H3,(H,22,23). The molecule has 0 saturated carbocycles. The average Bonchev–Trinajstić information content (AvgIpc) is 3.02. The zero-order chi connectivity index (χ0) is 19.8. The molecule has 27 heavy (non-hydrogen) atoms. The number of ether oxygens (including phenoxy) is 2. The van der Waals surface area contributed by atoms with Crippen LogP contribution in [0.15, 0.2) is 12.1 Å². The molecular weight excluding hydrogens is 342 g/mol. The van der Waals surface area contributed by atoms with Crippen molar-refractivity contribution in [2.45, 2.75) is 72.0 Å². The summed E-state index contributed by atoms with van der Waals surface area (Å²) in [5.74, 6) is 2.23.